The molecule has 0 spiro atoms. The van der Waals surface area contributed by atoms with Gasteiger partial charge in [-0.15, -0.1) is 5.06 Å². The quantitative estimate of drug-likeness (QED) is 0.322. The molecule has 2 amide bonds. The average molecular weight is 373 g/mol. The van der Waals surface area contributed by atoms with Crippen LogP contribution in [0.2, 0.25) is 0 Å². The Bertz CT molecular complexity index is 475. The van der Waals surface area contributed by atoms with Crippen LogP contribution in [0.1, 0.15) is 39.5 Å². The highest BCUT2D eigenvalue weighted by molar-refractivity contribution is 6.01. The summed E-state index contributed by atoms with van der Waals surface area (Å²) >= 11 is 0. The second kappa shape index (κ2) is 12.5. The topological polar surface area (TPSA) is 108 Å². The van der Waals surface area contributed by atoms with Crippen LogP contribution in [0, 0.1) is 5.92 Å². The molecule has 1 saturated heterocycles. The average Bonchev–Trinajstić information content (AvgIpc) is 2.91. The van der Waals surface area contributed by atoms with Gasteiger partial charge in [0.25, 0.3) is 11.8 Å². The fraction of sp³-hybridized carbons (Fsp3) is 0.765. The van der Waals surface area contributed by atoms with Crippen molar-refractivity contribution in [3.05, 3.63) is 0 Å². The van der Waals surface area contributed by atoms with E-state index in [0.717, 1.165) is 0 Å². The molecule has 0 saturated carbocycles. The number of ether oxygens (including phenoxy) is 3. The Balaban J connectivity index is 1.89. The molecule has 0 aromatic carbocycles. The van der Waals surface area contributed by atoms with Crippen molar-refractivity contribution in [3.8, 4) is 0 Å². The number of imide groups is 1. The predicted molar refractivity (Wildman–Crippen MR) is 88.7 cm³/mol. The van der Waals surface area contributed by atoms with Gasteiger partial charge in [-0.25, -0.2) is 4.79 Å². The lowest BCUT2D eigenvalue weighted by molar-refractivity contribution is -0.198. The molecule has 0 bridgehead atoms. The second-order valence-corrected chi connectivity index (χ2v) is 6.00. The lowest BCUT2D eigenvalue weighted by Gasteiger charge is -2.12. The second-order valence-electron chi connectivity index (χ2n) is 6.00. The molecule has 1 aliphatic rings. The number of amides is 2. The van der Waals surface area contributed by atoms with E-state index in [1.165, 1.54) is 0 Å². The van der Waals surface area contributed by atoms with E-state index < -0.39 is 17.8 Å². The Labute approximate surface area is 152 Å². The zero-order chi connectivity index (χ0) is 19.4. The summed E-state index contributed by atoms with van der Waals surface area (Å²) in [5, 5.41) is 0.514. The van der Waals surface area contributed by atoms with Crippen molar-refractivity contribution in [1.29, 1.82) is 0 Å². The molecule has 0 aliphatic carbocycles. The zero-order valence-electron chi connectivity index (χ0n) is 15.4. The Morgan fingerprint density at radius 3 is 1.81 bits per heavy atom. The van der Waals surface area contributed by atoms with Crippen molar-refractivity contribution in [2.75, 3.05) is 39.6 Å². The minimum absolute atomic E-state index is 0.0283. The number of rotatable bonds is 14. The largest absolute Gasteiger partial charge is 0.379 e. The molecule has 148 valence electrons. The molecular formula is C17H27NO8. The number of hydroxylamine groups is 2. The lowest BCUT2D eigenvalue weighted by Crippen LogP contribution is -2.32. The fourth-order valence-corrected chi connectivity index (χ4v) is 1.96. The summed E-state index contributed by atoms with van der Waals surface area (Å²) in [4.78, 5) is 50.1. The van der Waals surface area contributed by atoms with Gasteiger partial charge in [-0.3, -0.25) is 14.4 Å². The fourth-order valence-electron chi connectivity index (χ4n) is 1.96. The van der Waals surface area contributed by atoms with Gasteiger partial charge in [-0.2, -0.15) is 0 Å². The molecule has 9 heteroatoms. The number of hydrogen-bond donors (Lipinski definition) is 0. The molecule has 26 heavy (non-hydrogen) atoms. The molecule has 0 atom stereocenters. The summed E-state index contributed by atoms with van der Waals surface area (Å²) in [7, 11) is 0. The van der Waals surface area contributed by atoms with E-state index in [1.54, 1.807) is 0 Å². The van der Waals surface area contributed by atoms with Gasteiger partial charge in [-0.05, 0) is 0 Å². The van der Waals surface area contributed by atoms with Gasteiger partial charge in [0.05, 0.1) is 46.1 Å². The highest BCUT2D eigenvalue weighted by atomic mass is 16.7. The van der Waals surface area contributed by atoms with Gasteiger partial charge in [0.15, 0.2) is 0 Å². The summed E-state index contributed by atoms with van der Waals surface area (Å²) in [6, 6.07) is 0. The van der Waals surface area contributed by atoms with Crippen LogP contribution in [0.5, 0.6) is 0 Å². The van der Waals surface area contributed by atoms with Gasteiger partial charge < -0.3 is 19.0 Å². The summed E-state index contributed by atoms with van der Waals surface area (Å²) in [5.41, 5.74) is 0. The molecule has 0 N–H and O–H groups in total. The summed E-state index contributed by atoms with van der Waals surface area (Å²) in [6.07, 6.45) is 0.477. The lowest BCUT2D eigenvalue weighted by atomic mass is 10.1. The van der Waals surface area contributed by atoms with Crippen molar-refractivity contribution in [3.63, 3.8) is 0 Å². The molecule has 0 unspecified atom stereocenters. The van der Waals surface area contributed by atoms with Gasteiger partial charge in [-0.1, -0.05) is 13.8 Å². The van der Waals surface area contributed by atoms with Gasteiger partial charge in [0, 0.05) is 25.2 Å². The minimum atomic E-state index is -0.695. The molecular weight excluding hydrogens is 346 g/mol. The van der Waals surface area contributed by atoms with E-state index in [1.807, 2.05) is 13.8 Å². The Morgan fingerprint density at radius 1 is 0.846 bits per heavy atom. The van der Waals surface area contributed by atoms with Crippen LogP contribution in [-0.2, 0) is 38.2 Å². The van der Waals surface area contributed by atoms with Crippen molar-refractivity contribution < 1.29 is 38.2 Å². The third-order valence-electron chi connectivity index (χ3n) is 3.53. The van der Waals surface area contributed by atoms with Crippen LogP contribution in [0.15, 0.2) is 0 Å². The summed E-state index contributed by atoms with van der Waals surface area (Å²) in [6.45, 7) is 5.63. The normalized spacial score (nSPS) is 14.3. The zero-order valence-corrected chi connectivity index (χ0v) is 15.4. The highest BCUT2D eigenvalue weighted by Crippen LogP contribution is 2.12. The van der Waals surface area contributed by atoms with E-state index in [-0.39, 0.29) is 37.6 Å². The molecule has 0 aromatic heterocycles. The number of ketones is 1. The number of carbonyl (C=O) groups excluding carboxylic acids is 4. The van der Waals surface area contributed by atoms with Crippen LogP contribution in [-0.4, -0.2) is 68.3 Å². The van der Waals surface area contributed by atoms with Crippen LogP contribution in [0.3, 0.4) is 0 Å². The maximum absolute atomic E-state index is 11.5. The molecule has 1 fully saturated rings. The van der Waals surface area contributed by atoms with Gasteiger partial charge >= 0.3 is 5.97 Å². The monoisotopic (exact) mass is 373 g/mol. The molecule has 9 nitrogen and oxygen atoms in total. The molecule has 0 aromatic rings. The SMILES string of the molecule is CC(C)C(=O)CCOCCOCCOCCC(=O)ON1C(=O)CCC1=O. The number of Topliss-reactive ketones (excluding diaryl/α,β-unsaturated/α-hetero) is 1. The third kappa shape index (κ3) is 9.02. The Kier molecular flexibility index (Phi) is 10.7. The first-order valence-electron chi connectivity index (χ1n) is 8.74. The summed E-state index contributed by atoms with van der Waals surface area (Å²) < 4.78 is 15.8. The van der Waals surface area contributed by atoms with Gasteiger partial charge in [0.2, 0.25) is 0 Å². The number of carbonyl (C=O) groups is 4. The minimum Gasteiger partial charge on any atom is -0.379 e. The molecule has 1 aliphatic heterocycles. The molecule has 1 rings (SSSR count). The van der Waals surface area contributed by atoms with Gasteiger partial charge in [0.1, 0.15) is 5.78 Å². The Hall–Kier alpha value is -1.84. The van der Waals surface area contributed by atoms with E-state index in [2.05, 4.69) is 0 Å². The van der Waals surface area contributed by atoms with Crippen LogP contribution in [0.4, 0.5) is 0 Å². The molecule has 1 heterocycles. The van der Waals surface area contributed by atoms with Crippen molar-refractivity contribution in [2.24, 2.45) is 5.92 Å². The third-order valence-corrected chi connectivity index (χ3v) is 3.53. The van der Waals surface area contributed by atoms with Crippen LogP contribution >= 0.6 is 0 Å². The maximum atomic E-state index is 11.5. The first-order chi connectivity index (χ1) is 12.4. The maximum Gasteiger partial charge on any atom is 0.335 e. The summed E-state index contributed by atoms with van der Waals surface area (Å²) in [5.74, 6) is -1.50. The standard InChI is InChI=1S/C17H27NO8/c1-13(2)14(19)5-7-23-9-11-25-12-10-24-8-6-17(22)26-18-15(20)3-4-16(18)21/h13H,3-12H2,1-2H3. The predicted octanol–water partition coefficient (Wildman–Crippen LogP) is 0.649. The van der Waals surface area contributed by atoms with Crippen molar-refractivity contribution in [2.45, 2.75) is 39.5 Å². The Morgan fingerprint density at radius 2 is 1.31 bits per heavy atom. The van der Waals surface area contributed by atoms with E-state index in [0.29, 0.717) is 44.5 Å². The van der Waals surface area contributed by atoms with E-state index in [4.69, 9.17) is 19.0 Å². The number of hydrogen-bond acceptors (Lipinski definition) is 8. The highest BCUT2D eigenvalue weighted by Gasteiger charge is 2.32. The van der Waals surface area contributed by atoms with Crippen molar-refractivity contribution in [1.82, 2.24) is 5.06 Å². The van der Waals surface area contributed by atoms with E-state index in [9.17, 15) is 19.2 Å². The van der Waals surface area contributed by atoms with Crippen LogP contribution < -0.4 is 0 Å². The first kappa shape index (κ1) is 22.2. The molecule has 0 radical (unpaired) electrons. The smallest absolute Gasteiger partial charge is 0.335 e. The van der Waals surface area contributed by atoms with Crippen molar-refractivity contribution >= 4 is 23.6 Å². The van der Waals surface area contributed by atoms with Crippen LogP contribution in [0.25, 0.3) is 0 Å². The number of nitrogens with zero attached hydrogens (tertiary/aromatic N) is 1. The van der Waals surface area contributed by atoms with E-state index >= 15 is 0 Å². The first-order valence-corrected chi connectivity index (χ1v) is 8.74.